The van der Waals surface area contributed by atoms with Crippen molar-refractivity contribution in [3.8, 4) is 0 Å². The molecule has 0 saturated heterocycles. The van der Waals surface area contributed by atoms with Gasteiger partial charge in [0.2, 0.25) is 0 Å². The summed E-state index contributed by atoms with van der Waals surface area (Å²) in [7, 11) is 0. The summed E-state index contributed by atoms with van der Waals surface area (Å²) in [4.78, 5) is 0. The smallest absolute Gasteiger partial charge is 1.00 e. The van der Waals surface area contributed by atoms with E-state index in [9.17, 15) is 0 Å². The van der Waals surface area contributed by atoms with Crippen molar-refractivity contribution >= 4 is 10.4 Å². The predicted molar refractivity (Wildman–Crippen MR) is 68.5 cm³/mol. The minimum atomic E-state index is -1.23. The molecule has 0 spiro atoms. The maximum absolute atomic E-state index is 2.61. The molecule has 0 N–H and O–H groups in total. The van der Waals surface area contributed by atoms with Crippen LogP contribution in [0.15, 0.2) is 21.5 Å². The largest absolute Gasteiger partial charge is 1.00 e. The fourth-order valence-corrected chi connectivity index (χ4v) is 81.3. The molecule has 0 unspecified atom stereocenters. The van der Waals surface area contributed by atoms with Gasteiger partial charge in [0, 0.05) is 0 Å². The second-order valence-electron chi connectivity index (χ2n) is 6.20. The maximum atomic E-state index is 2.61. The summed E-state index contributed by atoms with van der Waals surface area (Å²) in [6.45, 7) is 15.7. The van der Waals surface area contributed by atoms with Crippen LogP contribution < -0.4 is 24.8 Å². The molecule has 16 heavy (non-hydrogen) atoms. The van der Waals surface area contributed by atoms with E-state index in [0.29, 0.717) is 0 Å². The molecule has 1 aliphatic rings. The molecule has 5 heteroatoms. The van der Waals surface area contributed by atoms with Gasteiger partial charge < -0.3 is 24.8 Å². The van der Waals surface area contributed by atoms with Gasteiger partial charge in [0.05, 0.1) is 0 Å². The Morgan fingerprint density at radius 1 is 0.938 bits per heavy atom. The molecule has 0 nitrogen and oxygen atoms in total. The summed E-state index contributed by atoms with van der Waals surface area (Å²) < 4.78 is 1.92. The summed E-state index contributed by atoms with van der Waals surface area (Å²) in [6, 6.07) is 0. The number of hydrogen-bond donors (Lipinski definition) is 0. The van der Waals surface area contributed by atoms with Crippen molar-refractivity contribution in [2.75, 3.05) is 0 Å². The van der Waals surface area contributed by atoms with Crippen LogP contribution >= 0.6 is 0 Å². The number of hydrogen-bond acceptors (Lipinski definition) is 0. The quantitative estimate of drug-likeness (QED) is 0.509. The normalized spacial score (nSPS) is 15.0. The van der Waals surface area contributed by atoms with Gasteiger partial charge in [0.1, 0.15) is 0 Å². The summed E-state index contributed by atoms with van der Waals surface area (Å²) in [6.07, 6.45) is 8.42. The molecule has 0 aromatic rings. The second kappa shape index (κ2) is 7.09. The minimum Gasteiger partial charge on any atom is -1.00 e. The van der Waals surface area contributed by atoms with E-state index in [1.54, 1.807) is 0 Å². The molecule has 0 radical (unpaired) electrons. The first kappa shape index (κ1) is 19.7. The van der Waals surface area contributed by atoms with Crippen LogP contribution in [0, 0.1) is 0 Å². The van der Waals surface area contributed by atoms with Gasteiger partial charge in [-0.15, -0.1) is 0 Å². The van der Waals surface area contributed by atoms with Gasteiger partial charge in [-0.1, -0.05) is 0 Å². The summed E-state index contributed by atoms with van der Waals surface area (Å²) >= 11 is -1.23. The molecule has 0 atom stereocenters. The molecule has 1 rings (SSSR count). The van der Waals surface area contributed by atoms with E-state index in [1.165, 1.54) is 6.42 Å². The van der Waals surface area contributed by atoms with E-state index in [-0.39, 0.29) is 24.8 Å². The monoisotopic (exact) mass is 371 g/mol. The first-order valence-electron chi connectivity index (χ1n) is 5.47. The molecule has 0 aromatic heterocycles. The van der Waals surface area contributed by atoms with Crippen molar-refractivity contribution in [3.05, 3.63) is 21.5 Å². The third-order valence-corrected chi connectivity index (χ3v) is 60.6. The van der Waals surface area contributed by atoms with Crippen molar-refractivity contribution < 1.29 is 44.9 Å². The van der Waals surface area contributed by atoms with E-state index < -0.39 is 30.5 Å². The Bertz CT molecular complexity index is 261. The SMILES string of the molecule is C[Si](C)(C)[Zr+2]([C]1=CC=CC1)[Si](C)(C)C.[Cl-].[Cl-]. The van der Waals surface area contributed by atoms with Crippen molar-refractivity contribution in [1.82, 2.24) is 0 Å². The molecule has 0 aliphatic heterocycles. The van der Waals surface area contributed by atoms with Crippen molar-refractivity contribution in [2.24, 2.45) is 0 Å². The number of halogens is 2. The fourth-order valence-electron chi connectivity index (χ4n) is 2.72. The third kappa shape index (κ3) is 5.35. The van der Waals surface area contributed by atoms with E-state index in [1.807, 2.05) is 3.28 Å². The van der Waals surface area contributed by atoms with Gasteiger partial charge in [-0.05, 0) is 0 Å². The molecule has 0 heterocycles. The van der Waals surface area contributed by atoms with Gasteiger partial charge in [-0.25, -0.2) is 0 Å². The van der Waals surface area contributed by atoms with Crippen molar-refractivity contribution in [3.63, 3.8) is 0 Å². The van der Waals surface area contributed by atoms with E-state index in [4.69, 9.17) is 0 Å². The van der Waals surface area contributed by atoms with Crippen LogP contribution in [0.3, 0.4) is 0 Å². The summed E-state index contributed by atoms with van der Waals surface area (Å²) in [5, 5.41) is -1.67. The van der Waals surface area contributed by atoms with Gasteiger partial charge >= 0.3 is 97.7 Å². The Hall–Kier alpha value is 1.38. The van der Waals surface area contributed by atoms with E-state index in [2.05, 4.69) is 57.5 Å². The average Bonchev–Trinajstić information content (AvgIpc) is 2.31. The van der Waals surface area contributed by atoms with Crippen LogP contribution in [0.25, 0.3) is 0 Å². The van der Waals surface area contributed by atoms with Crippen molar-refractivity contribution in [2.45, 2.75) is 45.7 Å². The zero-order valence-electron chi connectivity index (χ0n) is 11.2. The van der Waals surface area contributed by atoms with Crippen LogP contribution in [-0.2, 0) is 20.1 Å². The molecule has 93 valence electrons. The van der Waals surface area contributed by atoms with Crippen LogP contribution in [0.4, 0.5) is 0 Å². The Labute approximate surface area is 121 Å². The molecule has 0 aromatic carbocycles. The Balaban J connectivity index is 0. The molecule has 0 saturated carbocycles. The van der Waals surface area contributed by atoms with E-state index in [0.717, 1.165) is 0 Å². The molecular weight excluding hydrogens is 350 g/mol. The second-order valence-corrected chi connectivity index (χ2v) is 49.6. The van der Waals surface area contributed by atoms with Crippen LogP contribution in [0.2, 0.25) is 39.3 Å². The van der Waals surface area contributed by atoms with Crippen LogP contribution in [0.1, 0.15) is 6.42 Å². The third-order valence-electron chi connectivity index (χ3n) is 2.59. The summed E-state index contributed by atoms with van der Waals surface area (Å²) in [5.41, 5.74) is 0. The molecule has 0 fully saturated rings. The average molecular weight is 374 g/mol. The minimum absolute atomic E-state index is 0. The first-order chi connectivity index (χ1) is 6.23. The van der Waals surface area contributed by atoms with Gasteiger partial charge in [-0.3, -0.25) is 0 Å². The Morgan fingerprint density at radius 3 is 1.62 bits per heavy atom. The van der Waals surface area contributed by atoms with Gasteiger partial charge in [0.25, 0.3) is 0 Å². The topological polar surface area (TPSA) is 0 Å². The molecule has 0 amide bonds. The zero-order chi connectivity index (χ0) is 11.0. The molecule has 0 bridgehead atoms. The molecular formula is C11H23Cl2Si2Zr. The molecule has 1 aliphatic carbocycles. The van der Waals surface area contributed by atoms with Gasteiger partial charge in [-0.2, -0.15) is 0 Å². The first-order valence-corrected chi connectivity index (χ1v) is 21.1. The van der Waals surface area contributed by atoms with E-state index >= 15 is 0 Å². The Kier molecular flexibility index (Phi) is 8.73. The number of allylic oxidation sites excluding steroid dienone is 4. The Morgan fingerprint density at radius 2 is 1.38 bits per heavy atom. The number of rotatable bonds is 3. The standard InChI is InChI=1S/C5H5.2C3H9Si.2ClH.Zr/c1-2-4-5-3-1;2*1-4(2)3;;;/h1-3H,4H2;2*1-3H3;2*1H;/q;;;;;+2/p-2. The van der Waals surface area contributed by atoms with Crippen molar-refractivity contribution in [1.29, 1.82) is 0 Å². The summed E-state index contributed by atoms with van der Waals surface area (Å²) in [5.74, 6) is 0. The zero-order valence-corrected chi connectivity index (χ0v) is 17.2. The fraction of sp³-hybridized carbons (Fsp3) is 0.636. The maximum Gasteiger partial charge on any atom is -1.00 e. The van der Waals surface area contributed by atoms with Crippen LogP contribution in [-0.4, -0.2) is 10.4 Å². The van der Waals surface area contributed by atoms with Gasteiger partial charge in [0.15, 0.2) is 0 Å². The van der Waals surface area contributed by atoms with Crippen LogP contribution in [0.5, 0.6) is 0 Å². The predicted octanol–water partition coefficient (Wildman–Crippen LogP) is -1.87.